The van der Waals surface area contributed by atoms with Crippen molar-refractivity contribution in [2.24, 2.45) is 0 Å². The molecule has 0 aromatic rings. The van der Waals surface area contributed by atoms with E-state index in [1.165, 1.54) is 0 Å². The third-order valence-corrected chi connectivity index (χ3v) is 3.88. The third kappa shape index (κ3) is 2.89. The van der Waals surface area contributed by atoms with Crippen LogP contribution in [0.5, 0.6) is 0 Å². The molecular formula is C10H20N2OS. The Bertz CT molecular complexity index is 189. The smallest absolute Gasteiger partial charge is 0.240 e. The summed E-state index contributed by atoms with van der Waals surface area (Å²) >= 11 is 1.86. The molecule has 1 aliphatic heterocycles. The molecule has 1 saturated heterocycles. The van der Waals surface area contributed by atoms with Crippen LogP contribution < -0.4 is 5.32 Å². The van der Waals surface area contributed by atoms with Gasteiger partial charge in [0.05, 0.1) is 6.04 Å². The molecule has 4 heteroatoms. The Hall–Kier alpha value is -0.220. The minimum absolute atomic E-state index is 0.0350. The van der Waals surface area contributed by atoms with Crippen LogP contribution in [-0.4, -0.2) is 48.0 Å². The van der Waals surface area contributed by atoms with E-state index in [0.717, 1.165) is 24.5 Å². The second-order valence-electron chi connectivity index (χ2n) is 3.79. The lowest BCUT2D eigenvalue weighted by atomic mass is 10.2. The van der Waals surface area contributed by atoms with Crippen LogP contribution in [0.1, 0.15) is 20.3 Å². The van der Waals surface area contributed by atoms with Crippen LogP contribution in [0.4, 0.5) is 0 Å². The maximum Gasteiger partial charge on any atom is 0.240 e. The SMILES string of the molecule is CCC(C)N(C)C(=O)C1CSCCN1. The lowest BCUT2D eigenvalue weighted by molar-refractivity contribution is -0.133. The highest BCUT2D eigenvalue weighted by Gasteiger charge is 2.25. The van der Waals surface area contributed by atoms with E-state index in [2.05, 4.69) is 19.2 Å². The Morgan fingerprint density at radius 1 is 1.71 bits per heavy atom. The van der Waals surface area contributed by atoms with Crippen LogP contribution in [0.2, 0.25) is 0 Å². The number of hydrogen-bond donors (Lipinski definition) is 1. The number of likely N-dealkylation sites (N-methyl/N-ethyl adjacent to an activating group) is 1. The molecule has 0 aromatic heterocycles. The van der Waals surface area contributed by atoms with Crippen LogP contribution in [-0.2, 0) is 4.79 Å². The summed E-state index contributed by atoms with van der Waals surface area (Å²) in [4.78, 5) is 13.8. The molecule has 0 saturated carbocycles. The molecule has 0 spiro atoms. The molecule has 3 nitrogen and oxygen atoms in total. The minimum atomic E-state index is 0.0350. The fourth-order valence-corrected chi connectivity index (χ4v) is 2.39. The van der Waals surface area contributed by atoms with Gasteiger partial charge < -0.3 is 10.2 Å². The van der Waals surface area contributed by atoms with Crippen molar-refractivity contribution in [3.05, 3.63) is 0 Å². The van der Waals surface area contributed by atoms with Gasteiger partial charge in [-0.3, -0.25) is 4.79 Å². The summed E-state index contributed by atoms with van der Waals surface area (Å²) in [5, 5.41) is 3.27. The largest absolute Gasteiger partial charge is 0.342 e. The minimum Gasteiger partial charge on any atom is -0.342 e. The summed E-state index contributed by atoms with van der Waals surface area (Å²) in [6.07, 6.45) is 1.02. The number of carbonyl (C=O) groups excluding carboxylic acids is 1. The first-order valence-corrected chi connectivity index (χ1v) is 6.40. The molecule has 82 valence electrons. The number of thioether (sulfide) groups is 1. The molecule has 0 aliphatic carbocycles. The van der Waals surface area contributed by atoms with Crippen LogP contribution in [0.3, 0.4) is 0 Å². The van der Waals surface area contributed by atoms with Crippen molar-refractivity contribution < 1.29 is 4.79 Å². The van der Waals surface area contributed by atoms with Crippen LogP contribution >= 0.6 is 11.8 Å². The first-order chi connectivity index (χ1) is 6.66. The second-order valence-corrected chi connectivity index (χ2v) is 4.94. The first-order valence-electron chi connectivity index (χ1n) is 5.24. The summed E-state index contributed by atoms with van der Waals surface area (Å²) < 4.78 is 0. The van der Waals surface area contributed by atoms with E-state index >= 15 is 0 Å². The summed E-state index contributed by atoms with van der Waals surface area (Å²) in [6, 6.07) is 0.379. The van der Waals surface area contributed by atoms with Gasteiger partial charge in [0.1, 0.15) is 0 Å². The summed E-state index contributed by atoms with van der Waals surface area (Å²) in [5.41, 5.74) is 0. The highest BCUT2D eigenvalue weighted by Crippen LogP contribution is 2.11. The zero-order chi connectivity index (χ0) is 10.6. The predicted molar refractivity (Wildman–Crippen MR) is 61.6 cm³/mol. The molecule has 2 atom stereocenters. The molecular weight excluding hydrogens is 196 g/mol. The van der Waals surface area contributed by atoms with E-state index in [4.69, 9.17) is 0 Å². The van der Waals surface area contributed by atoms with Gasteiger partial charge in [-0.2, -0.15) is 11.8 Å². The predicted octanol–water partition coefficient (Wildman–Crippen LogP) is 0.948. The zero-order valence-corrected chi connectivity index (χ0v) is 10.1. The molecule has 1 N–H and O–H groups in total. The topological polar surface area (TPSA) is 32.3 Å². The molecule has 14 heavy (non-hydrogen) atoms. The third-order valence-electron chi connectivity index (χ3n) is 2.82. The average Bonchev–Trinajstić information content (AvgIpc) is 2.27. The Kier molecular flexibility index (Phi) is 4.75. The van der Waals surface area contributed by atoms with E-state index in [0.29, 0.717) is 6.04 Å². The number of amides is 1. The van der Waals surface area contributed by atoms with E-state index in [1.807, 2.05) is 23.7 Å². The van der Waals surface area contributed by atoms with E-state index in [9.17, 15) is 4.79 Å². The number of nitrogens with one attached hydrogen (secondary N) is 1. The van der Waals surface area contributed by atoms with Gasteiger partial charge in [-0.1, -0.05) is 6.92 Å². The number of nitrogens with zero attached hydrogens (tertiary/aromatic N) is 1. The molecule has 0 aromatic carbocycles. The van der Waals surface area contributed by atoms with E-state index < -0.39 is 0 Å². The van der Waals surface area contributed by atoms with Crippen LogP contribution in [0.25, 0.3) is 0 Å². The van der Waals surface area contributed by atoms with Gasteiger partial charge in [0, 0.05) is 31.1 Å². The van der Waals surface area contributed by atoms with Crippen molar-refractivity contribution in [1.82, 2.24) is 10.2 Å². The standard InChI is InChI=1S/C10H20N2OS/c1-4-8(2)12(3)10(13)9-7-14-6-5-11-9/h8-9,11H,4-7H2,1-3H3. The molecule has 2 unspecified atom stereocenters. The van der Waals surface area contributed by atoms with Gasteiger partial charge in [0.15, 0.2) is 0 Å². The van der Waals surface area contributed by atoms with E-state index in [1.54, 1.807) is 0 Å². The van der Waals surface area contributed by atoms with Crippen molar-refractivity contribution in [3.63, 3.8) is 0 Å². The quantitative estimate of drug-likeness (QED) is 0.762. The van der Waals surface area contributed by atoms with Crippen molar-refractivity contribution in [1.29, 1.82) is 0 Å². The molecule has 1 aliphatic rings. The highest BCUT2D eigenvalue weighted by atomic mass is 32.2. The Balaban J connectivity index is 2.46. The van der Waals surface area contributed by atoms with Gasteiger partial charge in [0.2, 0.25) is 5.91 Å². The van der Waals surface area contributed by atoms with Gasteiger partial charge in [-0.05, 0) is 13.3 Å². The molecule has 0 bridgehead atoms. The van der Waals surface area contributed by atoms with Gasteiger partial charge in [0.25, 0.3) is 0 Å². The Morgan fingerprint density at radius 3 is 2.93 bits per heavy atom. The number of carbonyl (C=O) groups is 1. The van der Waals surface area contributed by atoms with Gasteiger partial charge in [-0.25, -0.2) is 0 Å². The average molecular weight is 216 g/mol. The summed E-state index contributed by atoms with van der Waals surface area (Å²) in [7, 11) is 1.90. The highest BCUT2D eigenvalue weighted by molar-refractivity contribution is 7.99. The number of hydrogen-bond acceptors (Lipinski definition) is 3. The van der Waals surface area contributed by atoms with Crippen molar-refractivity contribution in [3.8, 4) is 0 Å². The summed E-state index contributed by atoms with van der Waals surface area (Å²) in [5.74, 6) is 2.28. The molecule has 1 amide bonds. The van der Waals surface area contributed by atoms with Crippen molar-refractivity contribution >= 4 is 17.7 Å². The number of rotatable bonds is 3. The van der Waals surface area contributed by atoms with Gasteiger partial charge in [-0.15, -0.1) is 0 Å². The first kappa shape index (κ1) is 11.9. The lowest BCUT2D eigenvalue weighted by Gasteiger charge is -2.30. The van der Waals surface area contributed by atoms with Crippen LogP contribution in [0, 0.1) is 0 Å². The Morgan fingerprint density at radius 2 is 2.43 bits per heavy atom. The molecule has 1 heterocycles. The molecule has 1 fully saturated rings. The van der Waals surface area contributed by atoms with Gasteiger partial charge >= 0.3 is 0 Å². The molecule has 0 radical (unpaired) electrons. The summed E-state index contributed by atoms with van der Waals surface area (Å²) in [6.45, 7) is 5.15. The Labute approximate surface area is 90.6 Å². The van der Waals surface area contributed by atoms with Crippen molar-refractivity contribution in [2.75, 3.05) is 25.1 Å². The maximum atomic E-state index is 11.9. The zero-order valence-electron chi connectivity index (χ0n) is 9.25. The fraction of sp³-hybridized carbons (Fsp3) is 0.900. The lowest BCUT2D eigenvalue weighted by Crippen LogP contribution is -2.51. The van der Waals surface area contributed by atoms with Crippen molar-refractivity contribution in [2.45, 2.75) is 32.4 Å². The maximum absolute atomic E-state index is 11.9. The fourth-order valence-electron chi connectivity index (χ4n) is 1.46. The second kappa shape index (κ2) is 5.61. The molecule has 1 rings (SSSR count). The van der Waals surface area contributed by atoms with E-state index in [-0.39, 0.29) is 11.9 Å². The normalized spacial score (nSPS) is 24.4. The monoisotopic (exact) mass is 216 g/mol. The van der Waals surface area contributed by atoms with Crippen LogP contribution in [0.15, 0.2) is 0 Å².